The van der Waals surface area contributed by atoms with Crippen LogP contribution in [-0.2, 0) is 13.1 Å². The molecule has 2 heterocycles. The number of nitrogens with zero attached hydrogens (tertiary/aromatic N) is 2. The van der Waals surface area contributed by atoms with Crippen LogP contribution in [0.2, 0.25) is 0 Å². The lowest BCUT2D eigenvalue weighted by Crippen LogP contribution is -2.24. The van der Waals surface area contributed by atoms with E-state index >= 15 is 0 Å². The Hall–Kier alpha value is -3.64. The Labute approximate surface area is 190 Å². The fraction of sp³-hybridized carbons (Fsp3) is 0.154. The van der Waals surface area contributed by atoms with Crippen molar-refractivity contribution in [2.24, 2.45) is 0 Å². The lowest BCUT2D eigenvalue weighted by molar-refractivity contribution is 0.0953. The number of para-hydroxylation sites is 2. The third-order valence-electron chi connectivity index (χ3n) is 5.42. The van der Waals surface area contributed by atoms with E-state index in [2.05, 4.69) is 34.1 Å². The van der Waals surface area contributed by atoms with Crippen molar-refractivity contribution in [1.29, 1.82) is 0 Å². The maximum Gasteiger partial charge on any atom is 0.261 e. The number of imidazole rings is 1. The number of thiophene rings is 1. The molecule has 1 amide bonds. The topological polar surface area (TPSA) is 56.2 Å². The molecular formula is C26H23N3O2S. The fourth-order valence-electron chi connectivity index (χ4n) is 3.89. The molecule has 0 bridgehead atoms. The van der Waals surface area contributed by atoms with E-state index in [1.165, 1.54) is 16.7 Å². The second-order valence-electron chi connectivity index (χ2n) is 7.51. The minimum Gasteiger partial charge on any atom is -0.493 e. The van der Waals surface area contributed by atoms with Crippen LogP contribution in [0.5, 0.6) is 5.75 Å². The first kappa shape index (κ1) is 20.3. The quantitative estimate of drug-likeness (QED) is 0.317. The highest BCUT2D eigenvalue weighted by molar-refractivity contribution is 7.12. The predicted molar refractivity (Wildman–Crippen MR) is 129 cm³/mol. The molecule has 32 heavy (non-hydrogen) atoms. The standard InChI is InChI=1S/C26H23N3O2S/c30-26(24-14-6-17-32-24)27-18-25-28-21-11-3-4-12-22(21)29(25)15-7-16-31-23-13-5-9-19-8-1-2-10-20(19)23/h1-6,8-14,17H,7,15-16,18H2,(H,27,30). The highest BCUT2D eigenvalue weighted by Crippen LogP contribution is 2.25. The van der Waals surface area contributed by atoms with Crippen LogP contribution >= 0.6 is 11.3 Å². The van der Waals surface area contributed by atoms with Crippen LogP contribution < -0.4 is 10.1 Å². The summed E-state index contributed by atoms with van der Waals surface area (Å²) in [5.41, 5.74) is 2.00. The van der Waals surface area contributed by atoms with E-state index in [-0.39, 0.29) is 5.91 Å². The summed E-state index contributed by atoms with van der Waals surface area (Å²) in [4.78, 5) is 17.8. The molecule has 0 radical (unpaired) electrons. The van der Waals surface area contributed by atoms with Gasteiger partial charge in [-0.25, -0.2) is 4.98 Å². The molecule has 0 spiro atoms. The van der Waals surface area contributed by atoms with Gasteiger partial charge in [0.1, 0.15) is 11.6 Å². The summed E-state index contributed by atoms with van der Waals surface area (Å²) in [5.74, 6) is 1.68. The molecule has 0 unspecified atom stereocenters. The number of nitrogens with one attached hydrogen (secondary N) is 1. The van der Waals surface area contributed by atoms with Crippen molar-refractivity contribution in [3.8, 4) is 5.75 Å². The van der Waals surface area contributed by atoms with E-state index < -0.39 is 0 Å². The number of aromatic nitrogens is 2. The molecule has 0 atom stereocenters. The van der Waals surface area contributed by atoms with E-state index in [9.17, 15) is 4.79 Å². The van der Waals surface area contributed by atoms with E-state index in [1.807, 2.05) is 60.0 Å². The van der Waals surface area contributed by atoms with Gasteiger partial charge in [0.25, 0.3) is 5.91 Å². The molecule has 0 fully saturated rings. The Morgan fingerprint density at radius 2 is 1.81 bits per heavy atom. The molecule has 5 rings (SSSR count). The maximum absolute atomic E-state index is 12.4. The van der Waals surface area contributed by atoms with Crippen molar-refractivity contribution in [2.75, 3.05) is 6.61 Å². The average molecular weight is 442 g/mol. The summed E-state index contributed by atoms with van der Waals surface area (Å²) in [6.45, 7) is 1.74. The maximum atomic E-state index is 12.4. The molecule has 3 aromatic carbocycles. The lowest BCUT2D eigenvalue weighted by atomic mass is 10.1. The summed E-state index contributed by atoms with van der Waals surface area (Å²) in [6, 6.07) is 26.2. The smallest absolute Gasteiger partial charge is 0.261 e. The van der Waals surface area contributed by atoms with Crippen molar-refractivity contribution in [2.45, 2.75) is 19.5 Å². The van der Waals surface area contributed by atoms with Crippen LogP contribution in [0.1, 0.15) is 21.9 Å². The molecule has 1 N–H and O–H groups in total. The summed E-state index contributed by atoms with van der Waals surface area (Å²) in [6.07, 6.45) is 0.829. The minimum atomic E-state index is -0.0714. The van der Waals surface area contributed by atoms with Crippen molar-refractivity contribution in [1.82, 2.24) is 14.9 Å². The van der Waals surface area contributed by atoms with Crippen molar-refractivity contribution in [3.05, 3.63) is 94.9 Å². The molecule has 0 aliphatic rings. The number of hydrogen-bond acceptors (Lipinski definition) is 4. The number of rotatable bonds is 8. The van der Waals surface area contributed by atoms with Gasteiger partial charge in [-0.15, -0.1) is 11.3 Å². The molecule has 160 valence electrons. The molecule has 0 aliphatic heterocycles. The first-order chi connectivity index (χ1) is 15.8. The Bertz CT molecular complexity index is 1350. The monoisotopic (exact) mass is 441 g/mol. The lowest BCUT2D eigenvalue weighted by Gasteiger charge is -2.12. The van der Waals surface area contributed by atoms with Gasteiger partial charge in [0.2, 0.25) is 0 Å². The first-order valence-corrected chi connectivity index (χ1v) is 11.5. The first-order valence-electron chi connectivity index (χ1n) is 10.7. The largest absolute Gasteiger partial charge is 0.493 e. The molecule has 0 saturated carbocycles. The SMILES string of the molecule is O=C(NCc1nc2ccccc2n1CCCOc1cccc2ccccc12)c1cccs1. The van der Waals surface area contributed by atoms with Gasteiger partial charge < -0.3 is 14.6 Å². The van der Waals surface area contributed by atoms with E-state index in [1.54, 1.807) is 0 Å². The number of fused-ring (bicyclic) bond motifs is 2. The predicted octanol–water partition coefficient (Wildman–Crippen LogP) is 5.65. The zero-order valence-corrected chi connectivity index (χ0v) is 18.3. The van der Waals surface area contributed by atoms with Gasteiger partial charge >= 0.3 is 0 Å². The van der Waals surface area contributed by atoms with E-state index in [4.69, 9.17) is 9.72 Å². The molecular weight excluding hydrogens is 418 g/mol. The minimum absolute atomic E-state index is 0.0714. The highest BCUT2D eigenvalue weighted by Gasteiger charge is 2.13. The normalized spacial score (nSPS) is 11.1. The van der Waals surface area contributed by atoms with Crippen LogP contribution in [0.25, 0.3) is 21.8 Å². The Balaban J connectivity index is 1.28. The van der Waals surface area contributed by atoms with Gasteiger partial charge in [0.05, 0.1) is 29.1 Å². The van der Waals surface area contributed by atoms with Gasteiger partial charge in [0.15, 0.2) is 0 Å². The van der Waals surface area contributed by atoms with Crippen LogP contribution in [0.4, 0.5) is 0 Å². The Morgan fingerprint density at radius 1 is 0.969 bits per heavy atom. The van der Waals surface area contributed by atoms with E-state index in [0.717, 1.165) is 41.0 Å². The third-order valence-corrected chi connectivity index (χ3v) is 6.29. The Kier molecular flexibility index (Phi) is 5.85. The third kappa shape index (κ3) is 4.22. The second kappa shape index (κ2) is 9.24. The van der Waals surface area contributed by atoms with Crippen molar-refractivity contribution >= 4 is 39.0 Å². The number of carbonyl (C=O) groups is 1. The Morgan fingerprint density at radius 3 is 2.72 bits per heavy atom. The zero-order valence-electron chi connectivity index (χ0n) is 17.5. The number of hydrogen-bond donors (Lipinski definition) is 1. The van der Waals surface area contributed by atoms with Crippen LogP contribution in [0.3, 0.4) is 0 Å². The zero-order chi connectivity index (χ0) is 21.8. The number of carbonyl (C=O) groups excluding carboxylic acids is 1. The summed E-state index contributed by atoms with van der Waals surface area (Å²) < 4.78 is 8.29. The van der Waals surface area contributed by atoms with Gasteiger partial charge in [-0.3, -0.25) is 4.79 Å². The van der Waals surface area contributed by atoms with Gasteiger partial charge in [0, 0.05) is 11.9 Å². The molecule has 5 aromatic rings. The molecule has 5 nitrogen and oxygen atoms in total. The van der Waals surface area contributed by atoms with Gasteiger partial charge in [-0.05, 0) is 41.5 Å². The number of ether oxygens (including phenoxy) is 1. The number of aryl methyl sites for hydroxylation is 1. The highest BCUT2D eigenvalue weighted by atomic mass is 32.1. The molecule has 0 saturated heterocycles. The second-order valence-corrected chi connectivity index (χ2v) is 8.46. The molecule has 0 aliphatic carbocycles. The number of benzene rings is 3. The van der Waals surface area contributed by atoms with Gasteiger partial charge in [-0.2, -0.15) is 0 Å². The number of amides is 1. The van der Waals surface area contributed by atoms with Crippen molar-refractivity contribution < 1.29 is 9.53 Å². The van der Waals surface area contributed by atoms with Crippen molar-refractivity contribution in [3.63, 3.8) is 0 Å². The van der Waals surface area contributed by atoms with Crippen LogP contribution in [-0.4, -0.2) is 22.1 Å². The summed E-state index contributed by atoms with van der Waals surface area (Å²) >= 11 is 1.44. The molecule has 2 aromatic heterocycles. The molecule has 6 heteroatoms. The summed E-state index contributed by atoms with van der Waals surface area (Å²) in [5, 5.41) is 7.20. The average Bonchev–Trinajstić information content (AvgIpc) is 3.49. The van der Waals surface area contributed by atoms with Gasteiger partial charge in [-0.1, -0.05) is 54.6 Å². The van der Waals surface area contributed by atoms with Crippen LogP contribution in [0, 0.1) is 0 Å². The van der Waals surface area contributed by atoms with Crippen LogP contribution in [0.15, 0.2) is 84.2 Å². The van der Waals surface area contributed by atoms with E-state index in [0.29, 0.717) is 18.0 Å². The summed E-state index contributed by atoms with van der Waals surface area (Å²) in [7, 11) is 0. The fourth-order valence-corrected chi connectivity index (χ4v) is 4.53.